The van der Waals surface area contributed by atoms with Crippen LogP contribution in [0.4, 0.5) is 5.69 Å². The minimum atomic E-state index is 0.234. The van der Waals surface area contributed by atoms with Gasteiger partial charge in [-0.2, -0.15) is 0 Å². The first kappa shape index (κ1) is 14.0. The van der Waals surface area contributed by atoms with Gasteiger partial charge in [0.25, 0.3) is 0 Å². The van der Waals surface area contributed by atoms with E-state index in [2.05, 4.69) is 69.5 Å². The highest BCUT2D eigenvalue weighted by Crippen LogP contribution is 2.23. The molecule has 17 heavy (non-hydrogen) atoms. The van der Waals surface area contributed by atoms with Crippen LogP contribution >= 0.6 is 0 Å². The molecule has 0 saturated carbocycles. The maximum atomic E-state index is 3.42. The Morgan fingerprint density at radius 1 is 1.00 bits per heavy atom. The number of hydrogen-bond acceptors (Lipinski definition) is 2. The van der Waals surface area contributed by atoms with Crippen molar-refractivity contribution >= 4 is 5.69 Å². The molecule has 0 bridgehead atoms. The van der Waals surface area contributed by atoms with E-state index >= 15 is 0 Å². The molecule has 1 aromatic carbocycles. The summed E-state index contributed by atoms with van der Waals surface area (Å²) in [5.41, 5.74) is 2.81. The van der Waals surface area contributed by atoms with Gasteiger partial charge in [0.15, 0.2) is 0 Å². The molecule has 0 aliphatic carbocycles. The van der Waals surface area contributed by atoms with Crippen LogP contribution in [0.25, 0.3) is 0 Å². The lowest BCUT2D eigenvalue weighted by atomic mass is 9.87. The van der Waals surface area contributed by atoms with Gasteiger partial charge in [-0.15, -0.1) is 0 Å². The van der Waals surface area contributed by atoms with Gasteiger partial charge in [-0.25, -0.2) is 0 Å². The first-order chi connectivity index (χ1) is 7.89. The quantitative estimate of drug-likeness (QED) is 0.763. The fourth-order valence-electron chi connectivity index (χ4n) is 1.66. The first-order valence-electron chi connectivity index (χ1n) is 6.47. The Labute approximate surface area is 106 Å². The van der Waals surface area contributed by atoms with E-state index < -0.39 is 0 Å². The predicted molar refractivity (Wildman–Crippen MR) is 76.8 cm³/mol. The van der Waals surface area contributed by atoms with Crippen molar-refractivity contribution in [2.45, 2.75) is 46.1 Å². The van der Waals surface area contributed by atoms with Crippen LogP contribution in [0.5, 0.6) is 0 Å². The molecule has 96 valence electrons. The van der Waals surface area contributed by atoms with Crippen molar-refractivity contribution in [2.24, 2.45) is 0 Å². The first-order valence-corrected chi connectivity index (χ1v) is 6.47. The van der Waals surface area contributed by atoms with E-state index in [0.29, 0.717) is 6.04 Å². The number of rotatable bonds is 5. The maximum absolute atomic E-state index is 3.42. The van der Waals surface area contributed by atoms with Crippen LogP contribution in [0.15, 0.2) is 24.3 Å². The van der Waals surface area contributed by atoms with E-state index in [-0.39, 0.29) is 5.41 Å². The summed E-state index contributed by atoms with van der Waals surface area (Å²) in [4.78, 5) is 0. The van der Waals surface area contributed by atoms with Gasteiger partial charge in [-0.3, -0.25) is 0 Å². The summed E-state index contributed by atoms with van der Waals surface area (Å²) in [6, 6.07) is 9.29. The van der Waals surface area contributed by atoms with Gasteiger partial charge in [0.1, 0.15) is 0 Å². The number of benzene rings is 1. The molecule has 1 aromatic rings. The van der Waals surface area contributed by atoms with E-state index in [0.717, 1.165) is 13.1 Å². The number of anilines is 1. The normalized spacial score (nSPS) is 11.9. The average Bonchev–Trinajstić information content (AvgIpc) is 2.23. The minimum absolute atomic E-state index is 0.234. The summed E-state index contributed by atoms with van der Waals surface area (Å²) >= 11 is 0. The van der Waals surface area contributed by atoms with Crippen molar-refractivity contribution in [1.82, 2.24) is 5.32 Å². The molecule has 0 amide bonds. The van der Waals surface area contributed by atoms with E-state index in [1.54, 1.807) is 0 Å². The largest absolute Gasteiger partial charge is 0.384 e. The molecule has 0 heterocycles. The highest BCUT2D eigenvalue weighted by Gasteiger charge is 2.12. The van der Waals surface area contributed by atoms with Crippen LogP contribution in [-0.2, 0) is 5.41 Å². The zero-order valence-electron chi connectivity index (χ0n) is 11.8. The molecule has 0 saturated heterocycles. The van der Waals surface area contributed by atoms with Gasteiger partial charge >= 0.3 is 0 Å². The third kappa shape index (κ3) is 5.22. The van der Waals surface area contributed by atoms with Crippen molar-refractivity contribution < 1.29 is 0 Å². The molecule has 0 aliphatic heterocycles. The zero-order chi connectivity index (χ0) is 12.9. The van der Waals surface area contributed by atoms with E-state index in [9.17, 15) is 0 Å². The lowest BCUT2D eigenvalue weighted by Gasteiger charge is -2.19. The Morgan fingerprint density at radius 2 is 1.59 bits per heavy atom. The summed E-state index contributed by atoms with van der Waals surface area (Å²) in [7, 11) is 0. The summed E-state index contributed by atoms with van der Waals surface area (Å²) in [5.74, 6) is 0. The molecule has 0 spiro atoms. The molecular formula is C15H26N2. The fraction of sp³-hybridized carbons (Fsp3) is 0.600. The number of nitrogens with one attached hydrogen (secondary N) is 2. The Balaban J connectivity index is 2.41. The van der Waals surface area contributed by atoms with Crippen molar-refractivity contribution in [3.05, 3.63) is 29.8 Å². The Hall–Kier alpha value is -1.02. The average molecular weight is 234 g/mol. The predicted octanol–water partition coefficient (Wildman–Crippen LogP) is 3.39. The summed E-state index contributed by atoms with van der Waals surface area (Å²) in [6.07, 6.45) is 0. The lowest BCUT2D eigenvalue weighted by molar-refractivity contribution is 0.590. The van der Waals surface area contributed by atoms with Crippen molar-refractivity contribution in [3.8, 4) is 0 Å². The second kappa shape index (κ2) is 6.06. The lowest BCUT2D eigenvalue weighted by Crippen LogP contribution is -2.28. The van der Waals surface area contributed by atoms with Crippen LogP contribution in [0.2, 0.25) is 0 Å². The second-order valence-electron chi connectivity index (χ2n) is 5.86. The third-order valence-corrected chi connectivity index (χ3v) is 2.76. The second-order valence-corrected chi connectivity index (χ2v) is 5.86. The molecule has 0 aliphatic rings. The summed E-state index contributed by atoms with van der Waals surface area (Å²) in [6.45, 7) is 13.0. The van der Waals surface area contributed by atoms with Gasteiger partial charge in [-0.05, 0) is 23.1 Å². The van der Waals surface area contributed by atoms with Gasteiger partial charge in [0.05, 0.1) is 0 Å². The molecule has 0 aromatic heterocycles. The van der Waals surface area contributed by atoms with E-state index in [1.807, 2.05) is 0 Å². The van der Waals surface area contributed by atoms with Gasteiger partial charge < -0.3 is 10.6 Å². The standard InChI is InChI=1S/C15H26N2/c1-12(2)16-10-11-17-14-8-6-13(7-9-14)15(3,4)5/h6-9,12,16-17H,10-11H2,1-5H3. The summed E-state index contributed by atoms with van der Waals surface area (Å²) in [5, 5.41) is 6.81. The van der Waals surface area contributed by atoms with Crippen molar-refractivity contribution in [2.75, 3.05) is 18.4 Å². The smallest absolute Gasteiger partial charge is 0.0340 e. The van der Waals surface area contributed by atoms with Gasteiger partial charge in [0, 0.05) is 24.8 Å². The van der Waals surface area contributed by atoms with Crippen molar-refractivity contribution in [1.29, 1.82) is 0 Å². The highest BCUT2D eigenvalue weighted by molar-refractivity contribution is 5.45. The molecule has 0 radical (unpaired) electrons. The highest BCUT2D eigenvalue weighted by atomic mass is 15.0. The van der Waals surface area contributed by atoms with Gasteiger partial charge in [0.2, 0.25) is 0 Å². The fourth-order valence-corrected chi connectivity index (χ4v) is 1.66. The van der Waals surface area contributed by atoms with Crippen LogP contribution in [0.1, 0.15) is 40.2 Å². The van der Waals surface area contributed by atoms with Gasteiger partial charge in [-0.1, -0.05) is 46.8 Å². The molecule has 2 nitrogen and oxygen atoms in total. The Kier molecular flexibility index (Phi) is 5.01. The summed E-state index contributed by atoms with van der Waals surface area (Å²) < 4.78 is 0. The monoisotopic (exact) mass is 234 g/mol. The van der Waals surface area contributed by atoms with Crippen LogP contribution in [0.3, 0.4) is 0 Å². The third-order valence-electron chi connectivity index (χ3n) is 2.76. The molecule has 0 fully saturated rings. The molecule has 2 N–H and O–H groups in total. The topological polar surface area (TPSA) is 24.1 Å². The Bertz CT molecular complexity index is 320. The van der Waals surface area contributed by atoms with E-state index in [1.165, 1.54) is 11.3 Å². The van der Waals surface area contributed by atoms with Crippen LogP contribution in [0, 0.1) is 0 Å². The van der Waals surface area contributed by atoms with Crippen LogP contribution < -0.4 is 10.6 Å². The molecule has 0 unspecified atom stereocenters. The molecule has 0 atom stereocenters. The number of hydrogen-bond donors (Lipinski definition) is 2. The molecule has 1 rings (SSSR count). The minimum Gasteiger partial charge on any atom is -0.384 e. The Morgan fingerprint density at radius 3 is 2.06 bits per heavy atom. The molecule has 2 heteroatoms. The van der Waals surface area contributed by atoms with Crippen LogP contribution in [-0.4, -0.2) is 19.1 Å². The SMILES string of the molecule is CC(C)NCCNc1ccc(C(C)(C)C)cc1. The van der Waals surface area contributed by atoms with E-state index in [4.69, 9.17) is 0 Å². The molecular weight excluding hydrogens is 208 g/mol. The van der Waals surface area contributed by atoms with Crippen molar-refractivity contribution in [3.63, 3.8) is 0 Å². The zero-order valence-corrected chi connectivity index (χ0v) is 11.8. The maximum Gasteiger partial charge on any atom is 0.0340 e.